The standard InChI is InChI=1S/C25H44O13/c1-11(6-7-25(34)23(3,4)8-13(26)9-24(25,5)33)36-22-20(32)18(30)16(28)14(38-22)10-35-21-19(31)17(29)15(27)12(2)37-21/h6-7,11-22,26-34H,8-10H2,1-5H3. The van der Waals surface area contributed by atoms with E-state index < -0.39 is 96.8 Å². The number of aliphatic hydroxyl groups excluding tert-OH is 7. The Bertz CT molecular complexity index is 801. The first-order valence-electron chi connectivity index (χ1n) is 12.9. The molecule has 38 heavy (non-hydrogen) atoms. The summed E-state index contributed by atoms with van der Waals surface area (Å²) >= 11 is 0. The van der Waals surface area contributed by atoms with Crippen molar-refractivity contribution in [3.8, 4) is 0 Å². The van der Waals surface area contributed by atoms with E-state index >= 15 is 0 Å². The Labute approximate surface area is 221 Å². The van der Waals surface area contributed by atoms with Gasteiger partial charge in [0.15, 0.2) is 12.6 Å². The van der Waals surface area contributed by atoms with E-state index in [1.807, 2.05) is 0 Å². The lowest BCUT2D eigenvalue weighted by Gasteiger charge is -2.55. The first-order chi connectivity index (χ1) is 17.4. The van der Waals surface area contributed by atoms with Crippen LogP contribution in [-0.4, -0.2) is 137 Å². The van der Waals surface area contributed by atoms with Crippen molar-refractivity contribution < 1.29 is 64.9 Å². The number of rotatable bonds is 7. The molecule has 0 aromatic carbocycles. The SMILES string of the molecule is CC(C=CC1(O)C(C)(C)CC(O)CC1(C)O)OC1OC(COC2OC(C)C(O)C(O)C2O)C(O)C(O)C1O. The molecule has 13 heteroatoms. The van der Waals surface area contributed by atoms with Crippen LogP contribution in [0.5, 0.6) is 0 Å². The molecule has 1 aliphatic carbocycles. The van der Waals surface area contributed by atoms with Crippen LogP contribution in [0.3, 0.4) is 0 Å². The molecule has 0 spiro atoms. The molecule has 3 fully saturated rings. The van der Waals surface area contributed by atoms with Gasteiger partial charge in [0, 0.05) is 11.8 Å². The Morgan fingerprint density at radius 1 is 0.816 bits per heavy atom. The smallest absolute Gasteiger partial charge is 0.187 e. The maximum absolute atomic E-state index is 11.4. The lowest BCUT2D eigenvalue weighted by molar-refractivity contribution is -0.330. The molecule has 3 rings (SSSR count). The largest absolute Gasteiger partial charge is 0.393 e. The summed E-state index contributed by atoms with van der Waals surface area (Å²) in [7, 11) is 0. The summed E-state index contributed by atoms with van der Waals surface area (Å²) in [4.78, 5) is 0. The maximum Gasteiger partial charge on any atom is 0.187 e. The zero-order chi connectivity index (χ0) is 28.8. The van der Waals surface area contributed by atoms with Crippen molar-refractivity contribution in [2.75, 3.05) is 6.61 Å². The number of hydrogen-bond donors (Lipinski definition) is 9. The second kappa shape index (κ2) is 11.6. The Morgan fingerprint density at radius 3 is 2.00 bits per heavy atom. The van der Waals surface area contributed by atoms with Gasteiger partial charge in [-0.3, -0.25) is 0 Å². The van der Waals surface area contributed by atoms with Gasteiger partial charge in [0.25, 0.3) is 0 Å². The molecule has 0 radical (unpaired) electrons. The van der Waals surface area contributed by atoms with E-state index in [1.165, 1.54) is 26.0 Å². The number of aliphatic hydroxyl groups is 9. The van der Waals surface area contributed by atoms with Crippen LogP contribution in [0.1, 0.15) is 47.5 Å². The summed E-state index contributed by atoms with van der Waals surface area (Å²) < 4.78 is 22.2. The molecule has 0 amide bonds. The summed E-state index contributed by atoms with van der Waals surface area (Å²) in [5, 5.41) is 93.5. The molecule has 14 atom stereocenters. The zero-order valence-corrected chi connectivity index (χ0v) is 22.4. The molecule has 2 saturated heterocycles. The van der Waals surface area contributed by atoms with Crippen molar-refractivity contribution >= 4 is 0 Å². The molecule has 2 heterocycles. The second-order valence-corrected chi connectivity index (χ2v) is 11.7. The van der Waals surface area contributed by atoms with E-state index in [0.717, 1.165) is 0 Å². The van der Waals surface area contributed by atoms with Crippen LogP contribution in [-0.2, 0) is 18.9 Å². The van der Waals surface area contributed by atoms with Crippen LogP contribution < -0.4 is 0 Å². The van der Waals surface area contributed by atoms with Crippen molar-refractivity contribution in [1.29, 1.82) is 0 Å². The summed E-state index contributed by atoms with van der Waals surface area (Å²) in [5.41, 5.74) is -4.24. The fourth-order valence-electron chi connectivity index (χ4n) is 5.60. The number of hydrogen-bond acceptors (Lipinski definition) is 13. The Hall–Kier alpha value is -0.780. The molecule has 0 aromatic heterocycles. The van der Waals surface area contributed by atoms with E-state index in [4.69, 9.17) is 18.9 Å². The van der Waals surface area contributed by atoms with E-state index in [2.05, 4.69) is 0 Å². The molecular formula is C25H44O13. The summed E-state index contributed by atoms with van der Waals surface area (Å²) in [6.45, 7) is 7.53. The molecule has 0 bridgehead atoms. The molecule has 1 saturated carbocycles. The van der Waals surface area contributed by atoms with Crippen LogP contribution >= 0.6 is 0 Å². The molecule has 9 N–H and O–H groups in total. The fourth-order valence-corrected chi connectivity index (χ4v) is 5.60. The monoisotopic (exact) mass is 552 g/mol. The van der Waals surface area contributed by atoms with Gasteiger partial charge in [-0.15, -0.1) is 0 Å². The van der Waals surface area contributed by atoms with E-state index in [1.54, 1.807) is 20.8 Å². The van der Waals surface area contributed by atoms with Gasteiger partial charge in [-0.25, -0.2) is 0 Å². The second-order valence-electron chi connectivity index (χ2n) is 11.7. The average Bonchev–Trinajstić information content (AvgIpc) is 2.81. The van der Waals surface area contributed by atoms with Gasteiger partial charge in [0.2, 0.25) is 0 Å². The van der Waals surface area contributed by atoms with E-state index in [9.17, 15) is 46.0 Å². The topological polar surface area (TPSA) is 219 Å². The van der Waals surface area contributed by atoms with Crippen LogP contribution in [0.4, 0.5) is 0 Å². The summed E-state index contributed by atoms with van der Waals surface area (Å²) in [6, 6.07) is 0. The Kier molecular flexibility index (Phi) is 9.69. The quantitative estimate of drug-likeness (QED) is 0.147. The van der Waals surface area contributed by atoms with Crippen LogP contribution in [0, 0.1) is 5.41 Å². The fraction of sp³-hybridized carbons (Fsp3) is 0.920. The van der Waals surface area contributed by atoms with Crippen LogP contribution in [0.25, 0.3) is 0 Å². The lowest BCUT2D eigenvalue weighted by atomic mass is 9.57. The van der Waals surface area contributed by atoms with Crippen molar-refractivity contribution in [1.82, 2.24) is 0 Å². The highest BCUT2D eigenvalue weighted by atomic mass is 16.7. The van der Waals surface area contributed by atoms with E-state index in [0.29, 0.717) is 0 Å². The van der Waals surface area contributed by atoms with Gasteiger partial charge in [-0.2, -0.15) is 0 Å². The minimum Gasteiger partial charge on any atom is -0.393 e. The molecule has 2 aliphatic heterocycles. The zero-order valence-electron chi connectivity index (χ0n) is 22.4. The highest BCUT2D eigenvalue weighted by molar-refractivity contribution is 5.21. The highest BCUT2D eigenvalue weighted by Crippen LogP contribution is 2.50. The van der Waals surface area contributed by atoms with Crippen LogP contribution in [0.15, 0.2) is 12.2 Å². The molecule has 14 unspecified atom stereocenters. The van der Waals surface area contributed by atoms with Gasteiger partial charge in [0.1, 0.15) is 48.3 Å². The third-order valence-corrected chi connectivity index (χ3v) is 8.09. The summed E-state index contributed by atoms with van der Waals surface area (Å²) in [5.74, 6) is 0. The van der Waals surface area contributed by atoms with Crippen molar-refractivity contribution in [2.24, 2.45) is 5.41 Å². The van der Waals surface area contributed by atoms with Gasteiger partial charge >= 0.3 is 0 Å². The lowest BCUT2D eigenvalue weighted by Crippen LogP contribution is -2.65. The Morgan fingerprint density at radius 2 is 1.39 bits per heavy atom. The first-order valence-corrected chi connectivity index (χ1v) is 12.9. The normalized spacial score (nSPS) is 50.7. The predicted molar refractivity (Wildman–Crippen MR) is 129 cm³/mol. The molecular weight excluding hydrogens is 508 g/mol. The average molecular weight is 553 g/mol. The summed E-state index contributed by atoms with van der Waals surface area (Å²) in [6.07, 6.45) is -12.7. The maximum atomic E-state index is 11.4. The van der Waals surface area contributed by atoms with Gasteiger partial charge in [-0.05, 0) is 27.2 Å². The van der Waals surface area contributed by atoms with E-state index in [-0.39, 0.29) is 12.8 Å². The van der Waals surface area contributed by atoms with Crippen molar-refractivity contribution in [3.05, 3.63) is 12.2 Å². The number of ether oxygens (including phenoxy) is 4. The van der Waals surface area contributed by atoms with Crippen LogP contribution in [0.2, 0.25) is 0 Å². The highest BCUT2D eigenvalue weighted by Gasteiger charge is 2.58. The molecule has 13 nitrogen and oxygen atoms in total. The minimum atomic E-state index is -1.72. The van der Waals surface area contributed by atoms with Gasteiger partial charge in [0.05, 0.1) is 30.5 Å². The Balaban J connectivity index is 1.65. The predicted octanol–water partition coefficient (Wildman–Crippen LogP) is -2.74. The van der Waals surface area contributed by atoms with Crippen molar-refractivity contribution in [3.63, 3.8) is 0 Å². The molecule has 222 valence electrons. The third kappa shape index (κ3) is 6.10. The first kappa shape index (κ1) is 31.7. The van der Waals surface area contributed by atoms with Gasteiger partial charge < -0.3 is 64.9 Å². The van der Waals surface area contributed by atoms with Gasteiger partial charge in [-0.1, -0.05) is 26.0 Å². The molecule has 3 aliphatic rings. The molecule has 0 aromatic rings. The van der Waals surface area contributed by atoms with Crippen molar-refractivity contribution in [2.45, 2.75) is 132 Å². The minimum absolute atomic E-state index is 0.0309. The third-order valence-electron chi connectivity index (χ3n) is 8.09.